The second-order valence-corrected chi connectivity index (χ2v) is 7.64. The molecular formula is C20H19N3O3S. The number of thiazole rings is 1. The molecule has 0 atom stereocenters. The molecule has 1 amide bonds. The average molecular weight is 381 g/mol. The van der Waals surface area contributed by atoms with Crippen LogP contribution < -0.4 is 0 Å². The van der Waals surface area contributed by atoms with Crippen LogP contribution in [0.5, 0.6) is 0 Å². The van der Waals surface area contributed by atoms with Crippen LogP contribution in [0.2, 0.25) is 0 Å². The van der Waals surface area contributed by atoms with E-state index in [0.29, 0.717) is 18.7 Å². The van der Waals surface area contributed by atoms with Gasteiger partial charge in [-0.1, -0.05) is 18.2 Å². The van der Waals surface area contributed by atoms with Crippen molar-refractivity contribution < 1.29 is 14.7 Å². The fourth-order valence-electron chi connectivity index (χ4n) is 3.26. The summed E-state index contributed by atoms with van der Waals surface area (Å²) in [5, 5.41) is 10.2. The van der Waals surface area contributed by atoms with Crippen molar-refractivity contribution >= 4 is 33.4 Å². The van der Waals surface area contributed by atoms with Crippen molar-refractivity contribution in [1.29, 1.82) is 0 Å². The van der Waals surface area contributed by atoms with Gasteiger partial charge in [-0.2, -0.15) is 0 Å². The van der Waals surface area contributed by atoms with Gasteiger partial charge in [0.1, 0.15) is 5.01 Å². The summed E-state index contributed by atoms with van der Waals surface area (Å²) in [4.78, 5) is 32.5. The maximum Gasteiger partial charge on any atom is 0.335 e. The molecular weight excluding hydrogens is 362 g/mol. The zero-order valence-electron chi connectivity index (χ0n) is 14.7. The average Bonchev–Trinajstić information content (AvgIpc) is 3.10. The number of para-hydroxylation sites is 1. The number of rotatable bonds is 4. The third-order valence-corrected chi connectivity index (χ3v) is 5.73. The number of carboxylic acids is 1. The highest BCUT2D eigenvalue weighted by molar-refractivity contribution is 7.18. The third kappa shape index (κ3) is 3.84. The molecule has 1 saturated heterocycles. The lowest BCUT2D eigenvalue weighted by Crippen LogP contribution is -2.48. The topological polar surface area (TPSA) is 73.7 Å². The van der Waals surface area contributed by atoms with Crippen LogP contribution in [0.15, 0.2) is 48.5 Å². The highest BCUT2D eigenvalue weighted by atomic mass is 32.1. The van der Waals surface area contributed by atoms with Crippen LogP contribution in [-0.4, -0.2) is 57.9 Å². The highest BCUT2D eigenvalue weighted by Crippen LogP contribution is 2.23. The van der Waals surface area contributed by atoms with Crippen LogP contribution in [0.3, 0.4) is 0 Å². The van der Waals surface area contributed by atoms with Crippen LogP contribution in [0, 0.1) is 0 Å². The third-order valence-electron chi connectivity index (χ3n) is 4.71. The lowest BCUT2D eigenvalue weighted by molar-refractivity contribution is 0.0628. The molecule has 0 spiro atoms. The smallest absolute Gasteiger partial charge is 0.335 e. The first-order valence-electron chi connectivity index (χ1n) is 8.79. The van der Waals surface area contributed by atoms with Crippen molar-refractivity contribution in [2.45, 2.75) is 6.54 Å². The molecule has 1 aliphatic rings. The number of hydrogen-bond donors (Lipinski definition) is 1. The minimum atomic E-state index is -1.02. The Morgan fingerprint density at radius 2 is 1.74 bits per heavy atom. The van der Waals surface area contributed by atoms with Crippen LogP contribution in [0.4, 0.5) is 0 Å². The number of carboxylic acid groups (broad SMARTS) is 1. The summed E-state index contributed by atoms with van der Waals surface area (Å²) in [5.41, 5.74) is 1.59. The van der Waals surface area contributed by atoms with Crippen molar-refractivity contribution in [2.24, 2.45) is 0 Å². The number of piperazine rings is 1. The Morgan fingerprint density at radius 3 is 2.48 bits per heavy atom. The van der Waals surface area contributed by atoms with Crippen LogP contribution in [0.25, 0.3) is 10.2 Å². The normalized spacial score (nSPS) is 15.2. The second kappa shape index (κ2) is 7.46. The van der Waals surface area contributed by atoms with Crippen molar-refractivity contribution in [3.63, 3.8) is 0 Å². The van der Waals surface area contributed by atoms with Crippen molar-refractivity contribution in [2.75, 3.05) is 26.2 Å². The number of aromatic nitrogens is 1. The summed E-state index contributed by atoms with van der Waals surface area (Å²) in [6, 6.07) is 14.3. The van der Waals surface area contributed by atoms with Gasteiger partial charge in [-0.15, -0.1) is 11.3 Å². The van der Waals surface area contributed by atoms with E-state index in [2.05, 4.69) is 16.0 Å². The van der Waals surface area contributed by atoms with E-state index in [1.165, 1.54) is 16.8 Å². The molecule has 138 valence electrons. The lowest BCUT2D eigenvalue weighted by Gasteiger charge is -2.34. The molecule has 3 aromatic rings. The number of amides is 1. The molecule has 0 radical (unpaired) electrons. The fraction of sp³-hybridized carbons (Fsp3) is 0.250. The molecule has 0 saturated carbocycles. The molecule has 1 fully saturated rings. The fourth-order valence-corrected chi connectivity index (χ4v) is 4.27. The van der Waals surface area contributed by atoms with Gasteiger partial charge >= 0.3 is 5.97 Å². The minimum Gasteiger partial charge on any atom is -0.478 e. The van der Waals surface area contributed by atoms with Crippen molar-refractivity contribution in [3.05, 3.63) is 64.7 Å². The Labute approximate surface area is 160 Å². The summed E-state index contributed by atoms with van der Waals surface area (Å²) in [6.45, 7) is 3.60. The predicted molar refractivity (Wildman–Crippen MR) is 104 cm³/mol. The van der Waals surface area contributed by atoms with E-state index in [4.69, 9.17) is 5.11 Å². The van der Waals surface area contributed by atoms with Crippen LogP contribution in [-0.2, 0) is 6.54 Å². The number of nitrogens with zero attached hydrogens (tertiary/aromatic N) is 3. The number of benzene rings is 2. The summed E-state index contributed by atoms with van der Waals surface area (Å²) < 4.78 is 1.19. The number of aromatic carboxylic acids is 1. The van der Waals surface area contributed by atoms with Gasteiger partial charge < -0.3 is 10.0 Å². The summed E-state index contributed by atoms with van der Waals surface area (Å²) >= 11 is 1.71. The van der Waals surface area contributed by atoms with E-state index in [1.54, 1.807) is 28.4 Å². The molecule has 1 N–H and O–H groups in total. The Balaban J connectivity index is 1.37. The molecule has 0 aliphatic carbocycles. The highest BCUT2D eigenvalue weighted by Gasteiger charge is 2.23. The summed E-state index contributed by atoms with van der Waals surface area (Å²) in [6.07, 6.45) is 0. The Morgan fingerprint density at radius 1 is 1.00 bits per heavy atom. The van der Waals surface area contributed by atoms with E-state index < -0.39 is 5.97 Å². The minimum absolute atomic E-state index is 0.113. The van der Waals surface area contributed by atoms with Gasteiger partial charge in [0.2, 0.25) is 0 Å². The Hall–Kier alpha value is -2.77. The molecule has 0 unspecified atom stereocenters. The maximum absolute atomic E-state index is 12.7. The van der Waals surface area contributed by atoms with E-state index in [9.17, 15) is 9.59 Å². The van der Waals surface area contributed by atoms with Gasteiger partial charge in [-0.25, -0.2) is 9.78 Å². The van der Waals surface area contributed by atoms with Gasteiger partial charge in [0.15, 0.2) is 0 Å². The summed E-state index contributed by atoms with van der Waals surface area (Å²) in [5.74, 6) is -1.14. The molecule has 27 heavy (non-hydrogen) atoms. The number of fused-ring (bicyclic) bond motifs is 1. The molecule has 0 bridgehead atoms. The Kier molecular flexibility index (Phi) is 4.87. The standard InChI is InChI=1S/C20H19N3O3S/c24-19(14-4-3-5-15(12-14)20(25)26)23-10-8-22(9-11-23)13-18-21-16-6-1-2-7-17(16)27-18/h1-7,12H,8-11,13H2,(H,25,26). The molecule has 2 heterocycles. The van der Waals surface area contributed by atoms with Crippen molar-refractivity contribution in [1.82, 2.24) is 14.8 Å². The molecule has 6 nitrogen and oxygen atoms in total. The van der Waals surface area contributed by atoms with E-state index >= 15 is 0 Å². The van der Waals surface area contributed by atoms with Gasteiger partial charge in [-0.3, -0.25) is 9.69 Å². The molecule has 1 aliphatic heterocycles. The molecule has 7 heteroatoms. The molecule has 1 aromatic heterocycles. The lowest BCUT2D eigenvalue weighted by atomic mass is 10.1. The van der Waals surface area contributed by atoms with Crippen LogP contribution in [0.1, 0.15) is 25.7 Å². The molecule has 2 aromatic carbocycles. The van der Waals surface area contributed by atoms with E-state index in [0.717, 1.165) is 30.2 Å². The first-order valence-corrected chi connectivity index (χ1v) is 9.61. The maximum atomic E-state index is 12.7. The van der Waals surface area contributed by atoms with E-state index in [1.807, 2.05) is 18.2 Å². The molecule has 4 rings (SSSR count). The van der Waals surface area contributed by atoms with Gasteiger partial charge in [-0.05, 0) is 30.3 Å². The number of hydrogen-bond acceptors (Lipinski definition) is 5. The largest absolute Gasteiger partial charge is 0.478 e. The van der Waals surface area contributed by atoms with Gasteiger partial charge in [0.25, 0.3) is 5.91 Å². The number of carbonyl (C=O) groups is 2. The van der Waals surface area contributed by atoms with E-state index in [-0.39, 0.29) is 11.5 Å². The van der Waals surface area contributed by atoms with Gasteiger partial charge in [0, 0.05) is 31.7 Å². The second-order valence-electron chi connectivity index (χ2n) is 6.53. The zero-order chi connectivity index (χ0) is 18.8. The van der Waals surface area contributed by atoms with Gasteiger partial charge in [0.05, 0.1) is 22.3 Å². The number of carbonyl (C=O) groups excluding carboxylic acids is 1. The zero-order valence-corrected chi connectivity index (χ0v) is 15.5. The van der Waals surface area contributed by atoms with Crippen molar-refractivity contribution in [3.8, 4) is 0 Å². The predicted octanol–water partition coefficient (Wildman–Crippen LogP) is 2.95. The van der Waals surface area contributed by atoms with Crippen LogP contribution >= 0.6 is 11.3 Å². The monoisotopic (exact) mass is 381 g/mol. The SMILES string of the molecule is O=C(O)c1cccc(C(=O)N2CCN(Cc3nc4ccccc4s3)CC2)c1. The first kappa shape index (κ1) is 17.6. The first-order chi connectivity index (χ1) is 13.1. The Bertz CT molecular complexity index is 960. The summed E-state index contributed by atoms with van der Waals surface area (Å²) in [7, 11) is 0. The quantitative estimate of drug-likeness (QED) is 0.752.